The molecular formula is C49H36N2. The first-order valence-corrected chi connectivity index (χ1v) is 17.8. The van der Waals surface area contributed by atoms with Crippen LogP contribution in [0.15, 0.2) is 182 Å². The van der Waals surface area contributed by atoms with E-state index >= 15 is 0 Å². The van der Waals surface area contributed by atoms with E-state index in [0.29, 0.717) is 0 Å². The lowest BCUT2D eigenvalue weighted by atomic mass is 9.82. The summed E-state index contributed by atoms with van der Waals surface area (Å²) >= 11 is 0. The maximum atomic E-state index is 2.45. The Morgan fingerprint density at radius 2 is 1.02 bits per heavy atom. The topological polar surface area (TPSA) is 8.17 Å². The summed E-state index contributed by atoms with van der Waals surface area (Å²) in [5.41, 5.74) is 14.7. The summed E-state index contributed by atoms with van der Waals surface area (Å²) in [7, 11) is 0. The van der Waals surface area contributed by atoms with Crippen LogP contribution in [0.3, 0.4) is 0 Å². The molecule has 2 heteroatoms. The third-order valence-corrected chi connectivity index (χ3v) is 11.0. The molecule has 1 heterocycles. The monoisotopic (exact) mass is 652 g/mol. The van der Waals surface area contributed by atoms with E-state index in [1.54, 1.807) is 0 Å². The lowest BCUT2D eigenvalue weighted by Gasteiger charge is -2.29. The molecule has 0 fully saturated rings. The van der Waals surface area contributed by atoms with E-state index in [9.17, 15) is 0 Å². The third kappa shape index (κ3) is 4.57. The molecule has 242 valence electrons. The van der Waals surface area contributed by atoms with Crippen molar-refractivity contribution in [2.24, 2.45) is 0 Å². The van der Waals surface area contributed by atoms with E-state index in [1.807, 2.05) is 0 Å². The zero-order valence-corrected chi connectivity index (χ0v) is 28.7. The summed E-state index contributed by atoms with van der Waals surface area (Å²) in [6.45, 7) is 4.71. The molecule has 0 saturated carbocycles. The molecule has 0 amide bonds. The molecule has 8 aromatic carbocycles. The number of nitrogens with zero attached hydrogens (tertiary/aromatic N) is 2. The maximum absolute atomic E-state index is 2.45. The van der Waals surface area contributed by atoms with E-state index in [2.05, 4.69) is 205 Å². The molecule has 2 nitrogen and oxygen atoms in total. The lowest BCUT2D eigenvalue weighted by molar-refractivity contribution is 0.660. The van der Waals surface area contributed by atoms with Crippen molar-refractivity contribution in [1.29, 1.82) is 0 Å². The van der Waals surface area contributed by atoms with Crippen LogP contribution >= 0.6 is 0 Å². The van der Waals surface area contributed by atoms with Gasteiger partial charge in [0, 0.05) is 38.6 Å². The zero-order valence-electron chi connectivity index (χ0n) is 28.7. The zero-order chi connectivity index (χ0) is 34.1. The van der Waals surface area contributed by atoms with Gasteiger partial charge in [0.25, 0.3) is 0 Å². The lowest BCUT2D eigenvalue weighted by Crippen LogP contribution is -2.16. The number of fused-ring (bicyclic) bond motifs is 7. The highest BCUT2D eigenvalue weighted by Gasteiger charge is 2.35. The van der Waals surface area contributed by atoms with Crippen molar-refractivity contribution in [2.45, 2.75) is 19.3 Å². The summed E-state index contributed by atoms with van der Waals surface area (Å²) in [6, 6.07) is 66.7. The fourth-order valence-electron chi connectivity index (χ4n) is 8.51. The first-order chi connectivity index (χ1) is 25.1. The Morgan fingerprint density at radius 1 is 0.431 bits per heavy atom. The molecule has 1 aliphatic rings. The minimum absolute atomic E-state index is 0.0958. The average Bonchev–Trinajstić information content (AvgIpc) is 3.64. The largest absolute Gasteiger partial charge is 0.310 e. The van der Waals surface area contributed by atoms with E-state index in [1.165, 1.54) is 66.0 Å². The van der Waals surface area contributed by atoms with Crippen LogP contribution in [0.2, 0.25) is 0 Å². The van der Waals surface area contributed by atoms with Gasteiger partial charge >= 0.3 is 0 Å². The van der Waals surface area contributed by atoms with Crippen LogP contribution < -0.4 is 4.90 Å². The van der Waals surface area contributed by atoms with E-state index in [-0.39, 0.29) is 5.41 Å². The summed E-state index contributed by atoms with van der Waals surface area (Å²) in [5, 5.41) is 4.99. The van der Waals surface area contributed by atoms with Crippen molar-refractivity contribution in [1.82, 2.24) is 4.57 Å². The molecule has 10 rings (SSSR count). The molecule has 0 radical (unpaired) electrons. The van der Waals surface area contributed by atoms with Crippen LogP contribution in [0.25, 0.3) is 60.5 Å². The summed E-state index contributed by atoms with van der Waals surface area (Å²) in [5.74, 6) is 0. The van der Waals surface area contributed by atoms with Crippen molar-refractivity contribution in [3.05, 3.63) is 193 Å². The molecule has 51 heavy (non-hydrogen) atoms. The molecule has 0 saturated heterocycles. The third-order valence-electron chi connectivity index (χ3n) is 11.0. The smallest absolute Gasteiger partial charge is 0.0541 e. The van der Waals surface area contributed by atoms with Crippen LogP contribution in [0.5, 0.6) is 0 Å². The molecule has 1 aromatic heterocycles. The molecule has 0 atom stereocenters. The van der Waals surface area contributed by atoms with Gasteiger partial charge in [0.1, 0.15) is 0 Å². The number of benzene rings is 8. The molecule has 1 aliphatic carbocycles. The van der Waals surface area contributed by atoms with E-state index in [0.717, 1.165) is 22.7 Å². The Hall–Kier alpha value is -6.38. The van der Waals surface area contributed by atoms with Crippen molar-refractivity contribution in [3.8, 4) is 27.9 Å². The van der Waals surface area contributed by atoms with Gasteiger partial charge in [0.15, 0.2) is 0 Å². The Labute approximate surface area is 298 Å². The van der Waals surface area contributed by atoms with Crippen molar-refractivity contribution >= 4 is 49.6 Å². The summed E-state index contributed by atoms with van der Waals surface area (Å²) in [4.78, 5) is 2.45. The van der Waals surface area contributed by atoms with Gasteiger partial charge in [-0.3, -0.25) is 0 Å². The number of para-hydroxylation sites is 2. The van der Waals surface area contributed by atoms with Gasteiger partial charge in [0.05, 0.1) is 16.7 Å². The summed E-state index contributed by atoms with van der Waals surface area (Å²) < 4.78 is 2.39. The summed E-state index contributed by atoms with van der Waals surface area (Å²) in [6.07, 6.45) is 0. The number of aromatic nitrogens is 1. The second kappa shape index (κ2) is 11.3. The average molecular weight is 653 g/mol. The maximum Gasteiger partial charge on any atom is 0.0541 e. The van der Waals surface area contributed by atoms with Gasteiger partial charge < -0.3 is 9.47 Å². The molecule has 0 aliphatic heterocycles. The fourth-order valence-corrected chi connectivity index (χ4v) is 8.51. The first-order valence-electron chi connectivity index (χ1n) is 17.8. The number of anilines is 3. The minimum Gasteiger partial charge on any atom is -0.310 e. The van der Waals surface area contributed by atoms with Gasteiger partial charge in [-0.05, 0) is 93.4 Å². The minimum atomic E-state index is -0.0958. The van der Waals surface area contributed by atoms with Crippen LogP contribution in [-0.2, 0) is 5.41 Å². The quantitative estimate of drug-likeness (QED) is 0.180. The van der Waals surface area contributed by atoms with Crippen molar-refractivity contribution in [3.63, 3.8) is 0 Å². The molecule has 0 bridgehead atoms. The Bertz CT molecular complexity index is 2740. The van der Waals surface area contributed by atoms with E-state index in [4.69, 9.17) is 0 Å². The van der Waals surface area contributed by atoms with Gasteiger partial charge in [-0.1, -0.05) is 141 Å². The van der Waals surface area contributed by atoms with Crippen LogP contribution in [0.1, 0.15) is 25.0 Å². The molecule has 9 aromatic rings. The number of hydrogen-bond donors (Lipinski definition) is 0. The normalized spacial score (nSPS) is 13.1. The Morgan fingerprint density at radius 3 is 1.82 bits per heavy atom. The number of rotatable bonds is 5. The highest BCUT2D eigenvalue weighted by Crippen LogP contribution is 2.51. The van der Waals surface area contributed by atoms with Gasteiger partial charge in [0.2, 0.25) is 0 Å². The van der Waals surface area contributed by atoms with Crippen LogP contribution in [0.4, 0.5) is 17.1 Å². The Balaban J connectivity index is 1.14. The Kier molecular flexibility index (Phi) is 6.56. The molecule has 0 unspecified atom stereocenters. The van der Waals surface area contributed by atoms with Gasteiger partial charge in [-0.15, -0.1) is 0 Å². The highest BCUT2D eigenvalue weighted by molar-refractivity contribution is 6.09. The van der Waals surface area contributed by atoms with Crippen LogP contribution in [0, 0.1) is 0 Å². The predicted octanol–water partition coefficient (Wildman–Crippen LogP) is 13.4. The van der Waals surface area contributed by atoms with Gasteiger partial charge in [-0.2, -0.15) is 0 Å². The van der Waals surface area contributed by atoms with Gasteiger partial charge in [-0.25, -0.2) is 0 Å². The second-order valence-electron chi connectivity index (χ2n) is 14.2. The molecular weight excluding hydrogens is 617 g/mol. The van der Waals surface area contributed by atoms with Crippen molar-refractivity contribution < 1.29 is 0 Å². The van der Waals surface area contributed by atoms with Crippen LogP contribution in [-0.4, -0.2) is 4.57 Å². The molecule has 0 N–H and O–H groups in total. The standard InChI is InChI=1S/C49H36N2/c1-49(2)44-24-8-5-21-40(44)41-29-28-38(32-45(41)49)50(46-27-13-15-33-14-3-4-20-39(33)46)36-18-11-16-34(30-36)35-17-12-19-37(31-35)51-47-25-9-6-22-42(47)43-23-7-10-26-48(43)51/h3-32H,1-2H3. The highest BCUT2D eigenvalue weighted by atomic mass is 15.1. The molecule has 0 spiro atoms. The first kappa shape index (κ1) is 29.5. The number of hydrogen-bond acceptors (Lipinski definition) is 1. The predicted molar refractivity (Wildman–Crippen MR) is 216 cm³/mol. The van der Waals surface area contributed by atoms with E-state index < -0.39 is 0 Å². The fraction of sp³-hybridized carbons (Fsp3) is 0.0612. The second-order valence-corrected chi connectivity index (χ2v) is 14.2. The van der Waals surface area contributed by atoms with Crippen molar-refractivity contribution in [2.75, 3.05) is 4.90 Å². The SMILES string of the molecule is CC1(C)c2ccccc2-c2ccc(N(c3cccc(-c4cccc(-n5c6ccccc6c6ccccc65)c4)c3)c3cccc4ccccc34)cc21.